The van der Waals surface area contributed by atoms with E-state index >= 15 is 0 Å². The number of anilines is 5. The van der Waals surface area contributed by atoms with Crippen LogP contribution in [0, 0.1) is 0 Å². The Balaban J connectivity index is 0.000000743. The SMILES string of the molecule is CN1CCN(C2CCN(c3nc(OCC(F)(F)F)c(Nc4ncc(Br)c(Nc5ccc6nccnc6c5P(C)(C)=O)n4)cc3C3CC3)CC2)CC1.O=C(O)C(F)(F)F. The van der Waals surface area contributed by atoms with Crippen molar-refractivity contribution in [3.63, 3.8) is 0 Å². The number of nitrogens with zero attached hydrogens (tertiary/aromatic N) is 8. The van der Waals surface area contributed by atoms with Gasteiger partial charge in [0.05, 0.1) is 21.0 Å². The zero-order chi connectivity index (χ0) is 42.0. The summed E-state index contributed by atoms with van der Waals surface area (Å²) in [6.45, 7) is 7.59. The molecule has 0 unspecified atom stereocenters. The molecule has 2 saturated heterocycles. The fraction of sp³-hybridized carbons (Fsp3) is 0.500. The first-order chi connectivity index (χ1) is 27.3. The number of hydrogen-bond acceptors (Lipinski definition) is 13. The van der Waals surface area contributed by atoms with Crippen molar-refractivity contribution in [2.24, 2.45) is 0 Å². The van der Waals surface area contributed by atoms with Crippen molar-refractivity contribution in [2.45, 2.75) is 50.0 Å². The highest BCUT2D eigenvalue weighted by Crippen LogP contribution is 2.47. The molecule has 0 atom stereocenters. The minimum atomic E-state index is -5.08. The van der Waals surface area contributed by atoms with Gasteiger partial charge in [-0.05, 0) is 86.1 Å². The van der Waals surface area contributed by atoms with Gasteiger partial charge in [-0.2, -0.15) is 36.3 Å². The molecule has 7 rings (SSSR count). The molecule has 1 aromatic carbocycles. The van der Waals surface area contributed by atoms with Crippen LogP contribution in [-0.2, 0) is 9.36 Å². The normalized spacial score (nSPS) is 17.4. The van der Waals surface area contributed by atoms with Gasteiger partial charge in [0.1, 0.15) is 30.0 Å². The quantitative estimate of drug-likeness (QED) is 0.110. The number of hydrogen-bond donors (Lipinski definition) is 3. The van der Waals surface area contributed by atoms with Crippen LogP contribution >= 0.6 is 23.1 Å². The minimum absolute atomic E-state index is 0.111. The molecule has 4 aromatic rings. The lowest BCUT2D eigenvalue weighted by atomic mass is 10.0. The van der Waals surface area contributed by atoms with Crippen molar-refractivity contribution in [2.75, 3.05) is 81.8 Å². The van der Waals surface area contributed by atoms with E-state index in [0.29, 0.717) is 44.2 Å². The Labute approximate surface area is 338 Å². The van der Waals surface area contributed by atoms with Crippen molar-refractivity contribution in [1.82, 2.24) is 34.7 Å². The molecule has 3 fully saturated rings. The molecule has 314 valence electrons. The van der Waals surface area contributed by atoms with Crippen LogP contribution in [0.5, 0.6) is 5.88 Å². The van der Waals surface area contributed by atoms with Gasteiger partial charge in [0.2, 0.25) is 11.8 Å². The van der Waals surface area contributed by atoms with Gasteiger partial charge in [0.25, 0.3) is 0 Å². The summed E-state index contributed by atoms with van der Waals surface area (Å²) in [5.74, 6) is -1.52. The number of rotatable bonds is 10. The van der Waals surface area contributed by atoms with Crippen LogP contribution in [0.4, 0.5) is 55.3 Å². The summed E-state index contributed by atoms with van der Waals surface area (Å²) in [4.78, 5) is 38.6. The Bertz CT molecular complexity index is 2160. The zero-order valence-electron chi connectivity index (χ0n) is 31.7. The maximum absolute atomic E-state index is 13.5. The number of aromatic nitrogens is 5. The van der Waals surface area contributed by atoms with Crippen LogP contribution in [0.2, 0.25) is 0 Å². The summed E-state index contributed by atoms with van der Waals surface area (Å²) >= 11 is 3.50. The second-order valence-electron chi connectivity index (χ2n) is 14.7. The molecule has 58 heavy (non-hydrogen) atoms. The monoisotopic (exact) mass is 902 g/mol. The van der Waals surface area contributed by atoms with Crippen molar-refractivity contribution < 1.29 is 45.5 Å². The van der Waals surface area contributed by atoms with Crippen LogP contribution < -0.4 is 25.6 Å². The number of ether oxygens (including phenoxy) is 1. The zero-order valence-corrected chi connectivity index (χ0v) is 34.2. The van der Waals surface area contributed by atoms with Crippen molar-refractivity contribution in [1.29, 1.82) is 0 Å². The summed E-state index contributed by atoms with van der Waals surface area (Å²) < 4.78 is 91.5. The summed E-state index contributed by atoms with van der Waals surface area (Å²) in [5.41, 5.74) is 2.90. The van der Waals surface area contributed by atoms with Crippen LogP contribution in [0.3, 0.4) is 0 Å². The van der Waals surface area contributed by atoms with E-state index in [1.54, 1.807) is 37.9 Å². The number of carboxylic acid groups (broad SMARTS) is 1. The van der Waals surface area contributed by atoms with Crippen LogP contribution in [0.1, 0.15) is 37.2 Å². The third-order valence-electron chi connectivity index (χ3n) is 9.84. The Hall–Kier alpha value is -4.33. The van der Waals surface area contributed by atoms with E-state index in [2.05, 4.69) is 68.2 Å². The first-order valence-electron chi connectivity index (χ1n) is 18.3. The number of nitrogens with one attached hydrogen (secondary N) is 2. The number of pyridine rings is 1. The van der Waals surface area contributed by atoms with Gasteiger partial charge >= 0.3 is 18.3 Å². The number of fused-ring (bicyclic) bond motifs is 1. The van der Waals surface area contributed by atoms with E-state index in [1.807, 2.05) is 6.07 Å². The highest BCUT2D eigenvalue weighted by Gasteiger charge is 2.38. The number of aliphatic carboxylic acids is 1. The Kier molecular flexibility index (Phi) is 13.0. The third kappa shape index (κ3) is 11.0. The predicted octanol–water partition coefficient (Wildman–Crippen LogP) is 6.98. The van der Waals surface area contributed by atoms with E-state index in [0.717, 1.165) is 70.5 Å². The predicted molar refractivity (Wildman–Crippen MR) is 211 cm³/mol. The van der Waals surface area contributed by atoms with Gasteiger partial charge in [-0.15, -0.1) is 0 Å². The van der Waals surface area contributed by atoms with Crippen molar-refractivity contribution in [3.05, 3.63) is 46.8 Å². The number of piperazine rings is 1. The maximum atomic E-state index is 13.5. The van der Waals surface area contributed by atoms with Gasteiger partial charge in [-0.1, -0.05) is 0 Å². The number of alkyl halides is 6. The molecule has 0 radical (unpaired) electrons. The maximum Gasteiger partial charge on any atom is 0.490 e. The van der Waals surface area contributed by atoms with Crippen LogP contribution in [0.25, 0.3) is 11.0 Å². The molecule has 3 aromatic heterocycles. The first kappa shape index (κ1) is 43.3. The second kappa shape index (κ2) is 17.5. The third-order valence-corrected chi connectivity index (χ3v) is 12.0. The van der Waals surface area contributed by atoms with E-state index in [4.69, 9.17) is 19.6 Å². The molecule has 22 heteroatoms. The largest absolute Gasteiger partial charge is 0.490 e. The van der Waals surface area contributed by atoms with Gasteiger partial charge < -0.3 is 34.8 Å². The number of carboxylic acids is 1. The molecule has 3 aliphatic rings. The standard InChI is InChI=1S/C34H41BrF3N10O2P.C2HF3O2/c1-46-14-16-47(17-15-46)22-8-12-48(13-9-22)31-23(21-4-5-21)18-27(32(45-31)50-20-34(36,37)38)43-33-41-19-24(35)30(44-33)42-26-7-6-25-28(40-11-10-39-25)29(26)51(2,3)49;3-2(4,5)1(6)7/h6-7,10-11,18-19,21-22H,4-5,8-9,12-17,20H2,1-3H3,(H2,41,42,43,44);(H,6,7). The molecule has 0 bridgehead atoms. The highest BCUT2D eigenvalue weighted by molar-refractivity contribution is 9.10. The molecular weight excluding hydrogens is 861 g/mol. The van der Waals surface area contributed by atoms with Crippen LogP contribution in [0.15, 0.2) is 41.3 Å². The van der Waals surface area contributed by atoms with Crippen molar-refractivity contribution in [3.8, 4) is 5.88 Å². The van der Waals surface area contributed by atoms with E-state index in [1.165, 1.54) is 6.20 Å². The van der Waals surface area contributed by atoms with Crippen LogP contribution in [-0.4, -0.2) is 130 Å². The molecule has 0 amide bonds. The number of piperidine rings is 1. The van der Waals surface area contributed by atoms with Gasteiger partial charge in [-0.25, -0.2) is 9.78 Å². The van der Waals surface area contributed by atoms with E-state index in [-0.39, 0.29) is 23.4 Å². The Morgan fingerprint density at radius 2 is 1.59 bits per heavy atom. The first-order valence-corrected chi connectivity index (χ1v) is 21.7. The average molecular weight is 904 g/mol. The fourth-order valence-electron chi connectivity index (χ4n) is 6.86. The molecule has 1 saturated carbocycles. The van der Waals surface area contributed by atoms with E-state index < -0.39 is 32.1 Å². The molecule has 1 aliphatic carbocycles. The smallest absolute Gasteiger partial charge is 0.475 e. The molecule has 5 heterocycles. The lowest BCUT2D eigenvalue weighted by molar-refractivity contribution is -0.192. The number of benzene rings is 1. The van der Waals surface area contributed by atoms with Gasteiger partial charge in [0, 0.05) is 69.5 Å². The Morgan fingerprint density at radius 3 is 2.19 bits per heavy atom. The molecule has 3 N–H and O–H groups in total. The van der Waals surface area contributed by atoms with Crippen molar-refractivity contribution >= 4 is 74.3 Å². The fourth-order valence-corrected chi connectivity index (χ4v) is 8.54. The number of likely N-dealkylation sites (N-methyl/N-ethyl adjacent to an activating group) is 1. The average Bonchev–Trinajstić information content (AvgIpc) is 4.01. The van der Waals surface area contributed by atoms with Gasteiger partial charge in [-0.3, -0.25) is 14.9 Å². The summed E-state index contributed by atoms with van der Waals surface area (Å²) in [7, 11) is -0.702. The molecule has 2 aliphatic heterocycles. The topological polar surface area (TPSA) is 162 Å². The summed E-state index contributed by atoms with van der Waals surface area (Å²) in [5, 5.41) is 14.0. The lowest BCUT2D eigenvalue weighted by Crippen LogP contribution is -2.52. The summed E-state index contributed by atoms with van der Waals surface area (Å²) in [6.07, 6.45) is -1.09. The molecule has 0 spiro atoms. The number of halogens is 7. The van der Waals surface area contributed by atoms with E-state index in [9.17, 15) is 30.9 Å². The highest BCUT2D eigenvalue weighted by atomic mass is 79.9. The Morgan fingerprint density at radius 1 is 0.931 bits per heavy atom. The molecule has 14 nitrogen and oxygen atoms in total. The summed E-state index contributed by atoms with van der Waals surface area (Å²) in [6, 6.07) is 5.89. The second-order valence-corrected chi connectivity index (χ2v) is 18.7. The van der Waals surface area contributed by atoms with Gasteiger partial charge in [0.15, 0.2) is 6.61 Å². The number of carbonyl (C=O) groups is 1. The minimum Gasteiger partial charge on any atom is -0.475 e. The lowest BCUT2D eigenvalue weighted by Gasteiger charge is -2.42. The molecular formula is C36H42BrF6N10O4P.